The second kappa shape index (κ2) is 9.26. The van der Waals surface area contributed by atoms with Crippen molar-refractivity contribution in [3.63, 3.8) is 0 Å². The first kappa shape index (κ1) is 22.4. The lowest BCUT2D eigenvalue weighted by atomic mass is 10.2. The van der Waals surface area contributed by atoms with Gasteiger partial charge in [-0.3, -0.25) is 9.55 Å². The molecule has 0 aliphatic rings. The summed E-state index contributed by atoms with van der Waals surface area (Å²) in [5.74, 6) is -1.56. The standard InChI is InChI=1S/C18H17ClF3N4O3P/c1-2-28-30(27,24-10-12-5-3-4-6-15(12)20)11-14-8-7-13(9-23-14)16-25-17(29-26-16)18(19,21)22/h3-9H,2,10-11H2,1H3,(H,24,27). The van der Waals surface area contributed by atoms with Crippen LogP contribution in [0.1, 0.15) is 24.1 Å². The first-order chi connectivity index (χ1) is 14.2. The lowest BCUT2D eigenvalue weighted by molar-refractivity contribution is 0.0551. The maximum Gasteiger partial charge on any atom is 0.400 e. The Morgan fingerprint density at radius 2 is 2.03 bits per heavy atom. The van der Waals surface area contributed by atoms with E-state index in [9.17, 15) is 17.7 Å². The van der Waals surface area contributed by atoms with E-state index in [1.54, 1.807) is 25.1 Å². The summed E-state index contributed by atoms with van der Waals surface area (Å²) in [5, 5.41) is 2.45. The predicted molar refractivity (Wildman–Crippen MR) is 103 cm³/mol. The third kappa shape index (κ3) is 5.66. The van der Waals surface area contributed by atoms with Gasteiger partial charge < -0.3 is 9.05 Å². The van der Waals surface area contributed by atoms with Gasteiger partial charge in [0.2, 0.25) is 5.82 Å². The van der Waals surface area contributed by atoms with Gasteiger partial charge in [0.15, 0.2) is 0 Å². The Bertz CT molecular complexity index is 1040. The molecule has 0 bridgehead atoms. The Balaban J connectivity index is 1.71. The van der Waals surface area contributed by atoms with Crippen LogP contribution in [0.3, 0.4) is 0 Å². The van der Waals surface area contributed by atoms with Gasteiger partial charge in [-0.05, 0) is 36.7 Å². The monoisotopic (exact) mass is 460 g/mol. The molecule has 2 heterocycles. The third-order valence-corrected chi connectivity index (χ3v) is 6.14. The second-order valence-corrected chi connectivity index (χ2v) is 8.85. The molecule has 1 N–H and O–H groups in total. The van der Waals surface area contributed by atoms with E-state index in [1.165, 1.54) is 24.4 Å². The number of pyridine rings is 1. The van der Waals surface area contributed by atoms with Crippen LogP contribution in [0.4, 0.5) is 13.2 Å². The fourth-order valence-corrected chi connectivity index (χ4v) is 4.34. The molecule has 0 spiro atoms. The maximum absolute atomic E-state index is 13.8. The summed E-state index contributed by atoms with van der Waals surface area (Å²) in [6.07, 6.45) is 1.26. The average molecular weight is 461 g/mol. The van der Waals surface area contributed by atoms with Crippen LogP contribution < -0.4 is 5.09 Å². The summed E-state index contributed by atoms with van der Waals surface area (Å²) in [6, 6.07) is 9.17. The van der Waals surface area contributed by atoms with E-state index in [-0.39, 0.29) is 25.1 Å². The molecule has 0 saturated carbocycles. The van der Waals surface area contributed by atoms with E-state index in [4.69, 9.17) is 16.1 Å². The van der Waals surface area contributed by atoms with Crippen LogP contribution in [-0.4, -0.2) is 21.7 Å². The summed E-state index contributed by atoms with van der Waals surface area (Å²) in [4.78, 5) is 7.69. The van der Waals surface area contributed by atoms with Crippen LogP contribution in [0, 0.1) is 5.82 Å². The lowest BCUT2D eigenvalue weighted by Gasteiger charge is -2.19. The van der Waals surface area contributed by atoms with Crippen LogP contribution in [0.25, 0.3) is 11.4 Å². The molecule has 1 aromatic carbocycles. The van der Waals surface area contributed by atoms with Gasteiger partial charge in [0.1, 0.15) is 5.82 Å². The minimum Gasteiger partial charge on any atom is -0.331 e. The minimum absolute atomic E-state index is 0.0142. The zero-order chi connectivity index (χ0) is 21.8. The number of nitrogens with zero attached hydrogens (tertiary/aromatic N) is 3. The molecule has 1 unspecified atom stereocenters. The molecular formula is C18H17ClF3N4O3P. The molecule has 3 aromatic rings. The van der Waals surface area contributed by atoms with Gasteiger partial charge in [0, 0.05) is 23.9 Å². The van der Waals surface area contributed by atoms with Crippen molar-refractivity contribution in [3.8, 4) is 11.4 Å². The Kier molecular flexibility index (Phi) is 6.92. The normalized spacial score (nSPS) is 13.9. The maximum atomic E-state index is 13.8. The number of benzene rings is 1. The van der Waals surface area contributed by atoms with Gasteiger partial charge in [-0.25, -0.2) is 9.48 Å². The Morgan fingerprint density at radius 1 is 1.27 bits per heavy atom. The number of alkyl halides is 3. The van der Waals surface area contributed by atoms with Crippen molar-refractivity contribution in [2.24, 2.45) is 0 Å². The zero-order valence-corrected chi connectivity index (χ0v) is 17.3. The Morgan fingerprint density at radius 3 is 2.63 bits per heavy atom. The number of hydrogen-bond acceptors (Lipinski definition) is 6. The highest BCUT2D eigenvalue weighted by Crippen LogP contribution is 2.46. The molecule has 7 nitrogen and oxygen atoms in total. The smallest absolute Gasteiger partial charge is 0.331 e. The highest BCUT2D eigenvalue weighted by atomic mass is 35.5. The Labute approximate surface area is 175 Å². The fraction of sp³-hybridized carbons (Fsp3) is 0.278. The minimum atomic E-state index is -3.77. The van der Waals surface area contributed by atoms with E-state index >= 15 is 0 Å². The van der Waals surface area contributed by atoms with Crippen LogP contribution >= 0.6 is 19.1 Å². The van der Waals surface area contributed by atoms with Crippen molar-refractivity contribution in [2.45, 2.75) is 25.0 Å². The molecule has 12 heteroatoms. The first-order valence-corrected chi connectivity index (χ1v) is 11.0. The van der Waals surface area contributed by atoms with Crippen LogP contribution in [-0.2, 0) is 27.2 Å². The van der Waals surface area contributed by atoms with Crippen molar-refractivity contribution in [2.75, 3.05) is 6.61 Å². The SMILES string of the molecule is CCOP(=O)(Cc1ccc(-c2noc(C(F)(F)Cl)n2)cn1)NCc1ccccc1F. The molecule has 30 heavy (non-hydrogen) atoms. The molecule has 0 aliphatic carbocycles. The van der Waals surface area contributed by atoms with Crippen molar-refractivity contribution in [1.82, 2.24) is 20.2 Å². The number of aromatic nitrogens is 3. The second-order valence-electron chi connectivity index (χ2n) is 6.13. The molecule has 1 atom stereocenters. The molecule has 160 valence electrons. The summed E-state index contributed by atoms with van der Waals surface area (Å²) in [6.45, 7) is 1.88. The predicted octanol–water partition coefficient (Wildman–Crippen LogP) is 5.08. The number of hydrogen-bond donors (Lipinski definition) is 1. The number of halogens is 4. The number of rotatable bonds is 9. The van der Waals surface area contributed by atoms with Crippen LogP contribution in [0.2, 0.25) is 0 Å². The molecular weight excluding hydrogens is 444 g/mol. The van der Waals surface area contributed by atoms with Crippen LogP contribution in [0.15, 0.2) is 47.1 Å². The summed E-state index contributed by atoms with van der Waals surface area (Å²) in [5.41, 5.74) is 1.06. The topological polar surface area (TPSA) is 90.1 Å². The zero-order valence-electron chi connectivity index (χ0n) is 15.7. The van der Waals surface area contributed by atoms with Gasteiger partial charge in [0.05, 0.1) is 18.5 Å². The average Bonchev–Trinajstić information content (AvgIpc) is 3.19. The van der Waals surface area contributed by atoms with Crippen molar-refractivity contribution in [3.05, 3.63) is 65.6 Å². The summed E-state index contributed by atoms with van der Waals surface area (Å²) in [7, 11) is -3.38. The molecule has 0 amide bonds. The van der Waals surface area contributed by atoms with Gasteiger partial charge in [-0.2, -0.15) is 13.8 Å². The van der Waals surface area contributed by atoms with Gasteiger partial charge in [0.25, 0.3) is 7.52 Å². The summed E-state index contributed by atoms with van der Waals surface area (Å²) >= 11 is 4.85. The molecule has 0 aliphatic heterocycles. The highest BCUT2D eigenvalue weighted by Gasteiger charge is 2.35. The van der Waals surface area contributed by atoms with Gasteiger partial charge in [-0.1, -0.05) is 23.4 Å². The molecule has 3 rings (SSSR count). The third-order valence-electron chi connectivity index (χ3n) is 3.93. The molecule has 2 aromatic heterocycles. The number of nitrogens with one attached hydrogen (secondary N) is 1. The highest BCUT2D eigenvalue weighted by molar-refractivity contribution is 7.56. The molecule has 0 radical (unpaired) electrons. The van der Waals surface area contributed by atoms with Crippen molar-refractivity contribution < 1.29 is 26.8 Å². The van der Waals surface area contributed by atoms with E-state index in [0.717, 1.165) is 0 Å². The van der Waals surface area contributed by atoms with E-state index in [1.807, 2.05) is 0 Å². The summed E-state index contributed by atoms with van der Waals surface area (Å²) < 4.78 is 62.7. The fourth-order valence-electron chi connectivity index (χ4n) is 2.52. The van der Waals surface area contributed by atoms with Gasteiger partial charge >= 0.3 is 11.3 Å². The van der Waals surface area contributed by atoms with Crippen LogP contribution in [0.5, 0.6) is 0 Å². The van der Waals surface area contributed by atoms with Crippen molar-refractivity contribution >= 4 is 19.1 Å². The van der Waals surface area contributed by atoms with E-state index in [0.29, 0.717) is 16.8 Å². The first-order valence-electron chi connectivity index (χ1n) is 8.78. The quantitative estimate of drug-likeness (QED) is 0.352. The largest absolute Gasteiger partial charge is 0.400 e. The molecule has 0 saturated heterocycles. The molecule has 0 fully saturated rings. The van der Waals surface area contributed by atoms with E-state index < -0.39 is 24.6 Å². The van der Waals surface area contributed by atoms with E-state index in [2.05, 4.69) is 24.7 Å². The lowest BCUT2D eigenvalue weighted by Crippen LogP contribution is -2.15. The van der Waals surface area contributed by atoms with Gasteiger partial charge in [-0.15, -0.1) is 0 Å². The van der Waals surface area contributed by atoms with Crippen molar-refractivity contribution in [1.29, 1.82) is 0 Å². The Hall–Kier alpha value is -2.26.